The van der Waals surface area contributed by atoms with Gasteiger partial charge in [-0.05, 0) is 24.3 Å². The van der Waals surface area contributed by atoms with E-state index in [9.17, 15) is 14.4 Å². The van der Waals surface area contributed by atoms with Gasteiger partial charge < -0.3 is 10.1 Å². The fourth-order valence-corrected chi connectivity index (χ4v) is 3.96. The van der Waals surface area contributed by atoms with Gasteiger partial charge >= 0.3 is 0 Å². The Morgan fingerprint density at radius 3 is 2.68 bits per heavy atom. The van der Waals surface area contributed by atoms with Crippen LogP contribution in [-0.4, -0.2) is 57.7 Å². The minimum atomic E-state index is -0.341. The zero-order chi connectivity index (χ0) is 21.8. The van der Waals surface area contributed by atoms with Gasteiger partial charge in [-0.1, -0.05) is 42.1 Å². The standard InChI is InChI=1S/C22H20N4O4S/c1-30-17-9-5-6-15(12-17)20-18(13-26(24-20)16-7-3-2-4-8-16)21(28)23-10-11-25-19(27)14-31-22(25)29/h2-9,12-13H,10-11,14H2,1H3,(H,23,28). The normalized spacial score (nSPS) is 13.5. The van der Waals surface area contributed by atoms with Gasteiger partial charge in [-0.2, -0.15) is 5.10 Å². The van der Waals surface area contributed by atoms with E-state index in [-0.39, 0.29) is 35.9 Å². The first-order valence-corrected chi connectivity index (χ1v) is 10.6. The summed E-state index contributed by atoms with van der Waals surface area (Å²) < 4.78 is 6.95. The molecule has 1 fully saturated rings. The number of para-hydroxylation sites is 1. The number of hydrogen-bond acceptors (Lipinski definition) is 6. The molecule has 0 spiro atoms. The molecule has 1 aromatic heterocycles. The number of hydrogen-bond donors (Lipinski definition) is 1. The maximum Gasteiger partial charge on any atom is 0.288 e. The molecule has 158 valence electrons. The van der Waals surface area contributed by atoms with Crippen molar-refractivity contribution in [3.63, 3.8) is 0 Å². The van der Waals surface area contributed by atoms with Crippen LogP contribution in [-0.2, 0) is 4.79 Å². The Morgan fingerprint density at radius 2 is 1.97 bits per heavy atom. The van der Waals surface area contributed by atoms with Crippen LogP contribution in [0, 0.1) is 0 Å². The van der Waals surface area contributed by atoms with Crippen molar-refractivity contribution in [3.05, 3.63) is 66.4 Å². The summed E-state index contributed by atoms with van der Waals surface area (Å²) in [6.07, 6.45) is 1.67. The molecule has 0 bridgehead atoms. The summed E-state index contributed by atoms with van der Waals surface area (Å²) in [7, 11) is 1.58. The lowest BCUT2D eigenvalue weighted by Gasteiger charge is -2.13. The van der Waals surface area contributed by atoms with Crippen molar-refractivity contribution in [2.75, 3.05) is 26.0 Å². The average molecular weight is 436 g/mol. The summed E-state index contributed by atoms with van der Waals surface area (Å²) in [5.74, 6) is 0.225. The quantitative estimate of drug-likeness (QED) is 0.612. The van der Waals surface area contributed by atoms with Crippen LogP contribution in [0.3, 0.4) is 0 Å². The van der Waals surface area contributed by atoms with Crippen molar-refractivity contribution in [3.8, 4) is 22.7 Å². The lowest BCUT2D eigenvalue weighted by molar-refractivity contribution is -0.124. The van der Waals surface area contributed by atoms with Crippen LogP contribution in [0.15, 0.2) is 60.8 Å². The molecule has 0 radical (unpaired) electrons. The topological polar surface area (TPSA) is 93.5 Å². The van der Waals surface area contributed by atoms with E-state index in [1.54, 1.807) is 18.0 Å². The van der Waals surface area contributed by atoms with Gasteiger partial charge in [-0.3, -0.25) is 19.3 Å². The van der Waals surface area contributed by atoms with E-state index in [1.165, 1.54) is 0 Å². The molecular weight excluding hydrogens is 416 g/mol. The zero-order valence-corrected chi connectivity index (χ0v) is 17.6. The second-order valence-electron chi connectivity index (χ2n) is 6.76. The smallest absolute Gasteiger partial charge is 0.288 e. The summed E-state index contributed by atoms with van der Waals surface area (Å²) in [6, 6.07) is 16.8. The molecule has 1 aliphatic rings. The molecular formula is C22H20N4O4S. The Labute approximate surface area is 183 Å². The lowest BCUT2D eigenvalue weighted by atomic mass is 10.1. The summed E-state index contributed by atoms with van der Waals surface area (Å²) >= 11 is 0.972. The van der Waals surface area contributed by atoms with E-state index in [0.29, 0.717) is 17.0 Å². The van der Waals surface area contributed by atoms with Gasteiger partial charge in [0, 0.05) is 24.8 Å². The Balaban J connectivity index is 1.60. The van der Waals surface area contributed by atoms with E-state index < -0.39 is 0 Å². The Hall–Kier alpha value is -3.59. The second-order valence-corrected chi connectivity index (χ2v) is 7.69. The maximum absolute atomic E-state index is 13.0. The summed E-state index contributed by atoms with van der Waals surface area (Å²) in [5.41, 5.74) is 2.44. The first kappa shape index (κ1) is 20.7. The SMILES string of the molecule is COc1cccc(-c2nn(-c3ccccc3)cc2C(=O)NCCN2C(=O)CSC2=O)c1. The van der Waals surface area contributed by atoms with Gasteiger partial charge in [-0.25, -0.2) is 4.68 Å². The molecule has 2 heterocycles. The number of nitrogens with zero attached hydrogens (tertiary/aromatic N) is 3. The highest BCUT2D eigenvalue weighted by molar-refractivity contribution is 8.14. The highest BCUT2D eigenvalue weighted by atomic mass is 32.2. The van der Waals surface area contributed by atoms with Gasteiger partial charge in [0.1, 0.15) is 11.4 Å². The molecule has 4 rings (SSSR count). The highest BCUT2D eigenvalue weighted by Gasteiger charge is 2.29. The number of methoxy groups -OCH3 is 1. The molecule has 3 aromatic rings. The monoisotopic (exact) mass is 436 g/mol. The number of aromatic nitrogens is 2. The van der Waals surface area contributed by atoms with Crippen molar-refractivity contribution in [2.24, 2.45) is 0 Å². The molecule has 1 saturated heterocycles. The molecule has 1 aliphatic heterocycles. The van der Waals surface area contributed by atoms with Crippen molar-refractivity contribution < 1.29 is 19.1 Å². The first-order valence-electron chi connectivity index (χ1n) is 9.61. The molecule has 3 amide bonds. The van der Waals surface area contributed by atoms with Crippen molar-refractivity contribution in [1.29, 1.82) is 0 Å². The van der Waals surface area contributed by atoms with Crippen molar-refractivity contribution in [2.45, 2.75) is 0 Å². The number of carbonyl (C=O) groups is 3. The fraction of sp³-hybridized carbons (Fsp3) is 0.182. The Morgan fingerprint density at radius 1 is 1.16 bits per heavy atom. The number of thioether (sulfide) groups is 1. The van der Waals surface area contributed by atoms with E-state index in [1.807, 2.05) is 54.6 Å². The average Bonchev–Trinajstić information content (AvgIpc) is 3.39. The third kappa shape index (κ3) is 4.46. The largest absolute Gasteiger partial charge is 0.497 e. The van der Waals surface area contributed by atoms with Gasteiger partial charge in [0.05, 0.1) is 24.1 Å². The van der Waals surface area contributed by atoms with E-state index in [0.717, 1.165) is 27.9 Å². The molecule has 0 unspecified atom stereocenters. The van der Waals surface area contributed by atoms with Crippen molar-refractivity contribution in [1.82, 2.24) is 20.0 Å². The van der Waals surface area contributed by atoms with E-state index in [2.05, 4.69) is 10.4 Å². The second kappa shape index (κ2) is 9.05. The predicted molar refractivity (Wildman–Crippen MR) is 117 cm³/mol. The Bertz CT molecular complexity index is 1110. The molecule has 1 N–H and O–H groups in total. The van der Waals surface area contributed by atoms with Crippen molar-refractivity contribution >= 4 is 28.8 Å². The van der Waals surface area contributed by atoms with Crippen LogP contribution in [0.5, 0.6) is 5.75 Å². The minimum Gasteiger partial charge on any atom is -0.497 e. The van der Waals surface area contributed by atoms with E-state index in [4.69, 9.17) is 4.74 Å². The molecule has 0 saturated carbocycles. The maximum atomic E-state index is 13.0. The molecule has 0 aliphatic carbocycles. The summed E-state index contributed by atoms with van der Waals surface area (Å²) in [6.45, 7) is 0.294. The van der Waals surface area contributed by atoms with Gasteiger partial charge in [0.15, 0.2) is 0 Å². The fourth-order valence-electron chi connectivity index (χ4n) is 3.21. The van der Waals surface area contributed by atoms with Crippen LogP contribution < -0.4 is 10.1 Å². The summed E-state index contributed by atoms with van der Waals surface area (Å²) in [4.78, 5) is 37.6. The van der Waals surface area contributed by atoms with Crippen LogP contribution in [0.1, 0.15) is 10.4 Å². The number of carbonyl (C=O) groups excluding carboxylic acids is 3. The summed E-state index contributed by atoms with van der Waals surface area (Å²) in [5, 5.41) is 7.14. The molecule has 8 nitrogen and oxygen atoms in total. The van der Waals surface area contributed by atoms with Gasteiger partial charge in [0.2, 0.25) is 5.91 Å². The number of nitrogens with one attached hydrogen (secondary N) is 1. The third-order valence-corrected chi connectivity index (χ3v) is 5.64. The molecule has 31 heavy (non-hydrogen) atoms. The van der Waals surface area contributed by atoms with E-state index >= 15 is 0 Å². The number of ether oxygens (including phenoxy) is 1. The Kier molecular flexibility index (Phi) is 6.03. The van der Waals surface area contributed by atoms with Crippen LogP contribution in [0.2, 0.25) is 0 Å². The van der Waals surface area contributed by atoms with Crippen LogP contribution in [0.4, 0.5) is 4.79 Å². The predicted octanol–water partition coefficient (Wildman–Crippen LogP) is 2.97. The van der Waals surface area contributed by atoms with Crippen LogP contribution in [0.25, 0.3) is 16.9 Å². The third-order valence-electron chi connectivity index (χ3n) is 4.78. The number of benzene rings is 2. The number of imide groups is 1. The first-order chi connectivity index (χ1) is 15.1. The zero-order valence-electron chi connectivity index (χ0n) is 16.8. The molecule has 0 atom stereocenters. The number of rotatable bonds is 7. The molecule has 2 aromatic carbocycles. The minimum absolute atomic E-state index is 0.137. The lowest BCUT2D eigenvalue weighted by Crippen LogP contribution is -2.37. The highest BCUT2D eigenvalue weighted by Crippen LogP contribution is 2.27. The molecule has 9 heteroatoms. The van der Waals surface area contributed by atoms with Gasteiger partial charge in [0.25, 0.3) is 11.1 Å². The van der Waals surface area contributed by atoms with Crippen LogP contribution >= 0.6 is 11.8 Å². The van der Waals surface area contributed by atoms with Gasteiger partial charge in [-0.15, -0.1) is 0 Å². The number of amides is 3.